The van der Waals surface area contributed by atoms with E-state index in [-0.39, 0.29) is 23.4 Å². The van der Waals surface area contributed by atoms with Crippen LogP contribution in [0.2, 0.25) is 0 Å². The fourth-order valence-corrected chi connectivity index (χ4v) is 5.86. The third kappa shape index (κ3) is 10.9. The van der Waals surface area contributed by atoms with Crippen molar-refractivity contribution < 1.29 is 28.9 Å². The summed E-state index contributed by atoms with van der Waals surface area (Å²) in [5, 5.41) is 22.0. The number of aliphatic hydroxyl groups excluding tert-OH is 2. The Morgan fingerprint density at radius 1 is 0.822 bits per heavy atom. The van der Waals surface area contributed by atoms with Crippen molar-refractivity contribution in [3.05, 3.63) is 54.1 Å². The molecule has 0 saturated carbocycles. The molecule has 250 valence electrons. The van der Waals surface area contributed by atoms with Gasteiger partial charge in [0.15, 0.2) is 0 Å². The number of carbonyl (C=O) groups excluding carboxylic acids is 1. The van der Waals surface area contributed by atoms with E-state index in [4.69, 9.17) is 13.9 Å². The fourth-order valence-electron chi connectivity index (χ4n) is 5.86. The average molecular weight is 623 g/mol. The van der Waals surface area contributed by atoms with Gasteiger partial charge in [-0.2, -0.15) is 0 Å². The van der Waals surface area contributed by atoms with Gasteiger partial charge in [0.05, 0.1) is 30.8 Å². The molecule has 0 spiro atoms. The van der Waals surface area contributed by atoms with Crippen molar-refractivity contribution >= 4 is 16.9 Å². The quantitative estimate of drug-likeness (QED) is 0.115. The summed E-state index contributed by atoms with van der Waals surface area (Å²) in [5.41, 5.74) is 2.35. The van der Waals surface area contributed by atoms with Crippen molar-refractivity contribution in [1.29, 1.82) is 0 Å². The maximum atomic E-state index is 13.1. The summed E-state index contributed by atoms with van der Waals surface area (Å²) in [6, 6.07) is 16.4. The summed E-state index contributed by atoms with van der Waals surface area (Å²) in [4.78, 5) is 13.1. The first-order chi connectivity index (χ1) is 21.1. The number of aliphatic hydroxyl groups is 2. The predicted octanol–water partition coefficient (Wildman–Crippen LogP) is 9.53. The zero-order chi connectivity index (χ0) is 33.3. The molecular formula is C39H58O6. The molecule has 0 aliphatic heterocycles. The minimum Gasteiger partial charge on any atom is -0.494 e. The number of hydrogen-bond acceptors (Lipinski definition) is 6. The molecule has 1 heterocycles. The fraction of sp³-hybridized carbons (Fsp3) is 0.615. The summed E-state index contributed by atoms with van der Waals surface area (Å²) >= 11 is 0. The normalized spacial score (nSPS) is 15.1. The van der Waals surface area contributed by atoms with Crippen LogP contribution in [0.25, 0.3) is 22.3 Å². The molecule has 0 saturated heterocycles. The molecule has 2 N–H and O–H groups in total. The standard InChI is InChI=1S/C39H58O6/c1-9-10-11-14-28-17-18-30-26-35(45-34(30)25-28)29-19-21-31(22-20-29)43-23-12-15-32(40)33(41)16-13-24-44-36(42)39(8,38(5,6)7)27-37(2,3)4/h17-22,25-26,32-33,40-41H,9-16,23-24,27H2,1-8H3. The Bertz CT molecular complexity index is 1330. The number of esters is 1. The highest BCUT2D eigenvalue weighted by Gasteiger charge is 2.47. The number of rotatable bonds is 17. The molecule has 6 nitrogen and oxygen atoms in total. The number of ether oxygens (including phenoxy) is 2. The Morgan fingerprint density at radius 3 is 2.07 bits per heavy atom. The molecule has 0 aliphatic carbocycles. The maximum Gasteiger partial charge on any atom is 0.312 e. The lowest BCUT2D eigenvalue weighted by Crippen LogP contribution is -2.44. The van der Waals surface area contributed by atoms with Crippen LogP contribution >= 0.6 is 0 Å². The lowest BCUT2D eigenvalue weighted by molar-refractivity contribution is -0.165. The number of aryl methyl sites for hydroxylation is 1. The van der Waals surface area contributed by atoms with Gasteiger partial charge < -0.3 is 24.1 Å². The Labute approximate surface area is 271 Å². The molecule has 3 rings (SSSR count). The van der Waals surface area contributed by atoms with Crippen molar-refractivity contribution in [3.63, 3.8) is 0 Å². The number of carbonyl (C=O) groups is 1. The molecule has 0 aliphatic rings. The first kappa shape index (κ1) is 36.6. The molecule has 0 fully saturated rings. The van der Waals surface area contributed by atoms with Gasteiger partial charge in [-0.05, 0) is 105 Å². The van der Waals surface area contributed by atoms with E-state index < -0.39 is 17.6 Å². The molecule has 3 unspecified atom stereocenters. The number of furan rings is 1. The van der Waals surface area contributed by atoms with E-state index in [9.17, 15) is 15.0 Å². The summed E-state index contributed by atoms with van der Waals surface area (Å²) < 4.78 is 17.7. The van der Waals surface area contributed by atoms with Crippen LogP contribution in [0.15, 0.2) is 52.9 Å². The number of hydrogen-bond donors (Lipinski definition) is 2. The third-order valence-electron chi connectivity index (χ3n) is 9.02. The molecule has 3 atom stereocenters. The van der Waals surface area contributed by atoms with Crippen LogP contribution < -0.4 is 4.74 Å². The first-order valence-electron chi connectivity index (χ1n) is 16.9. The molecule has 2 aromatic carbocycles. The maximum absolute atomic E-state index is 13.1. The Hall–Kier alpha value is -2.83. The van der Waals surface area contributed by atoms with Crippen LogP contribution in [0.5, 0.6) is 5.75 Å². The zero-order valence-corrected chi connectivity index (χ0v) is 29.1. The van der Waals surface area contributed by atoms with E-state index in [0.29, 0.717) is 32.3 Å². The third-order valence-corrected chi connectivity index (χ3v) is 9.02. The number of fused-ring (bicyclic) bond motifs is 1. The molecule has 1 aromatic heterocycles. The molecular weight excluding hydrogens is 564 g/mol. The van der Waals surface area contributed by atoms with E-state index in [1.165, 1.54) is 24.8 Å². The molecule has 3 aromatic rings. The van der Waals surface area contributed by atoms with Crippen LogP contribution in [0.1, 0.15) is 112 Å². The lowest BCUT2D eigenvalue weighted by atomic mass is 9.61. The molecule has 0 bridgehead atoms. The second-order valence-corrected chi connectivity index (χ2v) is 15.2. The number of benzene rings is 2. The summed E-state index contributed by atoms with van der Waals surface area (Å²) in [7, 11) is 0. The molecule has 0 radical (unpaired) electrons. The van der Waals surface area contributed by atoms with Crippen molar-refractivity contribution in [2.75, 3.05) is 13.2 Å². The molecule has 45 heavy (non-hydrogen) atoms. The average Bonchev–Trinajstić information content (AvgIpc) is 3.39. The highest BCUT2D eigenvalue weighted by Crippen LogP contribution is 2.47. The lowest BCUT2D eigenvalue weighted by Gasteiger charge is -2.43. The first-order valence-corrected chi connectivity index (χ1v) is 16.9. The van der Waals surface area contributed by atoms with Gasteiger partial charge in [0, 0.05) is 10.9 Å². The smallest absolute Gasteiger partial charge is 0.312 e. The van der Waals surface area contributed by atoms with Gasteiger partial charge in [-0.3, -0.25) is 4.79 Å². The Balaban J connectivity index is 1.38. The van der Waals surface area contributed by atoms with E-state index in [1.807, 2.05) is 31.2 Å². The van der Waals surface area contributed by atoms with Crippen LogP contribution in [0.3, 0.4) is 0 Å². The van der Waals surface area contributed by atoms with Crippen molar-refractivity contribution in [2.24, 2.45) is 16.2 Å². The Kier molecular flexibility index (Phi) is 13.1. The predicted molar refractivity (Wildman–Crippen MR) is 183 cm³/mol. The van der Waals surface area contributed by atoms with Gasteiger partial charge in [0.1, 0.15) is 17.1 Å². The zero-order valence-electron chi connectivity index (χ0n) is 29.1. The van der Waals surface area contributed by atoms with Crippen molar-refractivity contribution in [2.45, 2.75) is 125 Å². The van der Waals surface area contributed by atoms with E-state index in [1.54, 1.807) is 0 Å². The largest absolute Gasteiger partial charge is 0.494 e. The topological polar surface area (TPSA) is 89.1 Å². The molecule has 6 heteroatoms. The minimum absolute atomic E-state index is 0.0118. The summed E-state index contributed by atoms with van der Waals surface area (Å²) in [6.45, 7) is 17.5. The van der Waals surface area contributed by atoms with Gasteiger partial charge in [0.25, 0.3) is 0 Å². The van der Waals surface area contributed by atoms with Gasteiger partial charge in [-0.15, -0.1) is 0 Å². The van der Waals surface area contributed by atoms with E-state index >= 15 is 0 Å². The van der Waals surface area contributed by atoms with Crippen LogP contribution in [-0.4, -0.2) is 41.6 Å². The van der Waals surface area contributed by atoms with Gasteiger partial charge in [-0.25, -0.2) is 0 Å². The van der Waals surface area contributed by atoms with Gasteiger partial charge in [-0.1, -0.05) is 73.4 Å². The highest BCUT2D eigenvalue weighted by molar-refractivity contribution is 5.83. The van der Waals surface area contributed by atoms with Gasteiger partial charge >= 0.3 is 5.97 Å². The highest BCUT2D eigenvalue weighted by atomic mass is 16.5. The number of unbranched alkanes of at least 4 members (excludes halogenated alkanes) is 2. The molecule has 0 amide bonds. The van der Waals surface area contributed by atoms with Gasteiger partial charge in [0.2, 0.25) is 0 Å². The van der Waals surface area contributed by atoms with Crippen molar-refractivity contribution in [1.82, 2.24) is 0 Å². The Morgan fingerprint density at radius 2 is 1.47 bits per heavy atom. The summed E-state index contributed by atoms with van der Waals surface area (Å²) in [6.07, 6.45) is 5.62. The van der Waals surface area contributed by atoms with Crippen LogP contribution in [-0.2, 0) is 16.0 Å². The van der Waals surface area contributed by atoms with Crippen LogP contribution in [0.4, 0.5) is 0 Å². The minimum atomic E-state index is -0.872. The second kappa shape index (κ2) is 16.1. The summed E-state index contributed by atoms with van der Waals surface area (Å²) in [5.74, 6) is 1.38. The monoisotopic (exact) mass is 622 g/mol. The van der Waals surface area contributed by atoms with E-state index in [2.05, 4.69) is 72.7 Å². The van der Waals surface area contributed by atoms with Crippen LogP contribution in [0, 0.1) is 16.2 Å². The van der Waals surface area contributed by atoms with Crippen molar-refractivity contribution in [3.8, 4) is 17.1 Å². The second-order valence-electron chi connectivity index (χ2n) is 15.2. The van der Waals surface area contributed by atoms with E-state index in [0.717, 1.165) is 40.9 Å². The SMILES string of the molecule is CCCCCc1ccc2cc(-c3ccc(OCCCC(O)C(O)CCCOC(=O)C(C)(CC(C)(C)C)C(C)(C)C)cc3)oc2c1.